The van der Waals surface area contributed by atoms with Crippen molar-refractivity contribution in [2.24, 2.45) is 11.3 Å². The largest absolute Gasteiger partial charge is 0.372 e. The van der Waals surface area contributed by atoms with Gasteiger partial charge in [-0.3, -0.25) is 4.79 Å². The lowest BCUT2D eigenvalue weighted by Crippen LogP contribution is -2.45. The van der Waals surface area contributed by atoms with Gasteiger partial charge in [-0.2, -0.15) is 0 Å². The zero-order chi connectivity index (χ0) is 17.9. The summed E-state index contributed by atoms with van der Waals surface area (Å²) in [6, 6.07) is 8.06. The van der Waals surface area contributed by atoms with Gasteiger partial charge in [0.15, 0.2) is 0 Å². The first-order valence-corrected chi connectivity index (χ1v) is 8.96. The highest BCUT2D eigenvalue weighted by Crippen LogP contribution is 2.31. The van der Waals surface area contributed by atoms with E-state index in [1.165, 1.54) is 0 Å². The summed E-state index contributed by atoms with van der Waals surface area (Å²) >= 11 is 0. The first-order valence-electron chi connectivity index (χ1n) is 8.96. The molecule has 0 spiro atoms. The maximum atomic E-state index is 12.5. The van der Waals surface area contributed by atoms with Gasteiger partial charge in [-0.15, -0.1) is 0 Å². The molecule has 1 heterocycles. The fraction of sp³-hybridized carbons (Fsp3) is 0.650. The van der Waals surface area contributed by atoms with Crippen LogP contribution in [0.1, 0.15) is 48.0 Å². The monoisotopic (exact) mass is 332 g/mol. The van der Waals surface area contributed by atoms with Gasteiger partial charge >= 0.3 is 0 Å². The van der Waals surface area contributed by atoms with Crippen molar-refractivity contribution in [2.75, 3.05) is 23.3 Å². The molecule has 2 rings (SSSR count). The number of ether oxygens (including phenoxy) is 1. The molecule has 134 valence electrons. The highest BCUT2D eigenvalue weighted by atomic mass is 16.5. The summed E-state index contributed by atoms with van der Waals surface area (Å²) < 4.78 is 5.82. The third kappa shape index (κ3) is 4.97. The Labute approximate surface area is 146 Å². The number of morpholine rings is 1. The van der Waals surface area contributed by atoms with E-state index in [2.05, 4.69) is 57.8 Å². The third-order valence-corrected chi connectivity index (χ3v) is 4.91. The summed E-state index contributed by atoms with van der Waals surface area (Å²) in [5.41, 5.74) is 2.10. The molecule has 0 bridgehead atoms. The van der Waals surface area contributed by atoms with Gasteiger partial charge in [-0.1, -0.05) is 39.8 Å². The number of hydrogen-bond donors (Lipinski definition) is 1. The predicted octanol–water partition coefficient (Wildman–Crippen LogP) is 4.31. The summed E-state index contributed by atoms with van der Waals surface area (Å²) in [7, 11) is 0. The minimum absolute atomic E-state index is 0.0826. The van der Waals surface area contributed by atoms with Crippen molar-refractivity contribution < 1.29 is 9.53 Å². The molecule has 1 fully saturated rings. The van der Waals surface area contributed by atoms with Crippen LogP contribution < -0.4 is 10.2 Å². The van der Waals surface area contributed by atoms with Gasteiger partial charge in [0.1, 0.15) is 0 Å². The van der Waals surface area contributed by atoms with Crippen LogP contribution in [0.2, 0.25) is 0 Å². The number of benzene rings is 1. The molecular weight excluding hydrogens is 300 g/mol. The Morgan fingerprint density at radius 1 is 1.25 bits per heavy atom. The molecule has 4 heteroatoms. The molecule has 1 saturated heterocycles. The fourth-order valence-corrected chi connectivity index (χ4v) is 3.02. The van der Waals surface area contributed by atoms with Crippen LogP contribution in [0.3, 0.4) is 0 Å². The number of carbonyl (C=O) groups excluding carboxylic acids is 1. The summed E-state index contributed by atoms with van der Waals surface area (Å²) in [6.07, 6.45) is 0.921. The van der Waals surface area contributed by atoms with Crippen molar-refractivity contribution in [3.63, 3.8) is 0 Å². The summed E-state index contributed by atoms with van der Waals surface area (Å²) in [6.45, 7) is 14.5. The van der Waals surface area contributed by atoms with Crippen LogP contribution >= 0.6 is 0 Å². The van der Waals surface area contributed by atoms with Gasteiger partial charge in [0.25, 0.3) is 0 Å². The van der Waals surface area contributed by atoms with Crippen LogP contribution in [-0.4, -0.2) is 31.2 Å². The van der Waals surface area contributed by atoms with Crippen LogP contribution in [-0.2, 0) is 9.53 Å². The summed E-state index contributed by atoms with van der Waals surface area (Å²) in [5.74, 6) is 0.410. The molecule has 24 heavy (non-hydrogen) atoms. The van der Waals surface area contributed by atoms with Gasteiger partial charge in [0.2, 0.25) is 5.91 Å². The number of carbonyl (C=O) groups is 1. The molecule has 4 nitrogen and oxygen atoms in total. The smallest absolute Gasteiger partial charge is 0.224 e. The second kappa shape index (κ2) is 7.56. The summed E-state index contributed by atoms with van der Waals surface area (Å²) in [4.78, 5) is 14.8. The van der Waals surface area contributed by atoms with Crippen molar-refractivity contribution in [3.05, 3.63) is 24.3 Å². The molecule has 0 aliphatic carbocycles. The van der Waals surface area contributed by atoms with E-state index < -0.39 is 0 Å². The molecule has 1 N–H and O–H groups in total. The zero-order valence-corrected chi connectivity index (χ0v) is 15.9. The Bertz CT molecular complexity index is 555. The Hall–Kier alpha value is -1.55. The molecule has 1 aromatic carbocycles. The van der Waals surface area contributed by atoms with Crippen LogP contribution in [0, 0.1) is 11.3 Å². The molecule has 0 saturated carbocycles. The molecular formula is C20H32N2O2. The number of para-hydroxylation sites is 2. The molecule has 0 aromatic heterocycles. The Kier molecular flexibility index (Phi) is 5.92. The average molecular weight is 332 g/mol. The van der Waals surface area contributed by atoms with Crippen molar-refractivity contribution in [1.29, 1.82) is 0 Å². The van der Waals surface area contributed by atoms with E-state index in [1.807, 2.05) is 18.2 Å². The Balaban J connectivity index is 2.10. The van der Waals surface area contributed by atoms with Gasteiger partial charge < -0.3 is 15.0 Å². The van der Waals surface area contributed by atoms with E-state index in [0.717, 1.165) is 24.5 Å². The highest BCUT2D eigenvalue weighted by molar-refractivity contribution is 5.94. The first-order chi connectivity index (χ1) is 11.2. The number of anilines is 2. The van der Waals surface area contributed by atoms with E-state index >= 15 is 0 Å². The topological polar surface area (TPSA) is 41.6 Å². The number of hydrogen-bond acceptors (Lipinski definition) is 3. The molecule has 0 radical (unpaired) electrons. The van der Waals surface area contributed by atoms with Crippen molar-refractivity contribution in [2.45, 2.75) is 60.2 Å². The van der Waals surface area contributed by atoms with Crippen LogP contribution in [0.15, 0.2) is 24.3 Å². The van der Waals surface area contributed by atoms with E-state index in [4.69, 9.17) is 4.74 Å². The lowest BCUT2D eigenvalue weighted by Gasteiger charge is -2.37. The van der Waals surface area contributed by atoms with Gasteiger partial charge in [0, 0.05) is 19.5 Å². The first kappa shape index (κ1) is 18.8. The lowest BCUT2D eigenvalue weighted by molar-refractivity contribution is -0.117. The molecule has 1 aliphatic rings. The molecule has 3 atom stereocenters. The number of nitrogens with one attached hydrogen (secondary N) is 1. The van der Waals surface area contributed by atoms with Crippen LogP contribution in [0.5, 0.6) is 0 Å². The Morgan fingerprint density at radius 3 is 2.42 bits per heavy atom. The van der Waals surface area contributed by atoms with E-state index in [9.17, 15) is 4.79 Å². The maximum Gasteiger partial charge on any atom is 0.224 e. The quantitative estimate of drug-likeness (QED) is 0.893. The molecule has 3 unspecified atom stereocenters. The minimum atomic E-state index is 0.0826. The van der Waals surface area contributed by atoms with Crippen LogP contribution in [0.25, 0.3) is 0 Å². The van der Waals surface area contributed by atoms with Crippen molar-refractivity contribution >= 4 is 17.3 Å². The van der Waals surface area contributed by atoms with Gasteiger partial charge in [-0.05, 0) is 37.3 Å². The van der Waals surface area contributed by atoms with Crippen molar-refractivity contribution in [1.82, 2.24) is 0 Å². The number of nitrogens with zero attached hydrogens (tertiary/aromatic N) is 1. The van der Waals surface area contributed by atoms with Gasteiger partial charge in [-0.25, -0.2) is 0 Å². The standard InChI is InChI=1S/C20H32N2O2/c1-14(20(4,5)6)11-19(23)21-17-9-7-8-10-18(17)22-12-15(2)24-16(3)13-22/h7-10,14-16H,11-13H2,1-6H3,(H,21,23). The lowest BCUT2D eigenvalue weighted by atomic mass is 9.80. The van der Waals surface area contributed by atoms with Gasteiger partial charge in [0.05, 0.1) is 23.6 Å². The fourth-order valence-electron chi connectivity index (χ4n) is 3.02. The molecule has 1 aromatic rings. The SMILES string of the molecule is CC1CN(c2ccccc2NC(=O)CC(C)C(C)(C)C)CC(C)O1. The predicted molar refractivity (Wildman–Crippen MR) is 101 cm³/mol. The highest BCUT2D eigenvalue weighted by Gasteiger charge is 2.25. The molecule has 1 amide bonds. The normalized spacial score (nSPS) is 23.0. The number of rotatable bonds is 4. The third-order valence-electron chi connectivity index (χ3n) is 4.91. The molecule has 1 aliphatic heterocycles. The average Bonchev–Trinajstić information content (AvgIpc) is 2.45. The van der Waals surface area contributed by atoms with Crippen molar-refractivity contribution in [3.8, 4) is 0 Å². The number of amides is 1. The summed E-state index contributed by atoms with van der Waals surface area (Å²) in [5, 5.41) is 3.12. The van der Waals surface area contributed by atoms with E-state index in [0.29, 0.717) is 12.3 Å². The maximum absolute atomic E-state index is 12.5. The minimum Gasteiger partial charge on any atom is -0.372 e. The van der Waals surface area contributed by atoms with E-state index in [1.54, 1.807) is 0 Å². The van der Waals surface area contributed by atoms with E-state index in [-0.39, 0.29) is 23.5 Å². The Morgan fingerprint density at radius 2 is 1.83 bits per heavy atom. The second-order valence-electron chi connectivity index (χ2n) is 8.20. The second-order valence-corrected chi connectivity index (χ2v) is 8.20. The zero-order valence-electron chi connectivity index (χ0n) is 15.9. The van der Waals surface area contributed by atoms with Crippen LogP contribution in [0.4, 0.5) is 11.4 Å².